The van der Waals surface area contributed by atoms with Crippen LogP contribution in [0.4, 0.5) is 0 Å². The van der Waals surface area contributed by atoms with Gasteiger partial charge in [0, 0.05) is 32.8 Å². The van der Waals surface area contributed by atoms with E-state index in [-0.39, 0.29) is 5.41 Å². The summed E-state index contributed by atoms with van der Waals surface area (Å²) in [4.78, 5) is 14.9. The number of carbonyl (C=O) groups is 1. The third-order valence-corrected chi connectivity index (χ3v) is 5.39. The lowest BCUT2D eigenvalue weighted by molar-refractivity contribution is -0.141. The smallest absolute Gasteiger partial charge is 0.229 e. The molecule has 4 heteroatoms. The van der Waals surface area contributed by atoms with Gasteiger partial charge in [-0.25, -0.2) is 0 Å². The molecule has 1 unspecified atom stereocenters. The van der Waals surface area contributed by atoms with Crippen molar-refractivity contribution in [1.82, 2.24) is 10.2 Å². The normalized spacial score (nSPS) is 34.7. The van der Waals surface area contributed by atoms with Crippen LogP contribution in [0.15, 0.2) is 0 Å². The van der Waals surface area contributed by atoms with Crippen molar-refractivity contribution in [2.75, 3.05) is 39.4 Å². The van der Waals surface area contributed by atoms with Crippen LogP contribution in [0.1, 0.15) is 39.0 Å². The fourth-order valence-electron chi connectivity index (χ4n) is 3.94. The topological polar surface area (TPSA) is 41.6 Å². The Hall–Kier alpha value is -0.610. The second-order valence-electron chi connectivity index (χ2n) is 6.93. The number of hydrogen-bond donors (Lipinski definition) is 1. The molecule has 0 aliphatic carbocycles. The van der Waals surface area contributed by atoms with Gasteiger partial charge in [0.1, 0.15) is 0 Å². The zero-order valence-corrected chi connectivity index (χ0v) is 12.0. The molecule has 4 nitrogen and oxygen atoms in total. The molecule has 1 N–H and O–H groups in total. The molecule has 0 saturated carbocycles. The number of nitrogens with zero attached hydrogens (tertiary/aromatic N) is 1. The van der Waals surface area contributed by atoms with Gasteiger partial charge in [-0.1, -0.05) is 0 Å². The number of rotatable bonds is 1. The van der Waals surface area contributed by atoms with Crippen molar-refractivity contribution < 1.29 is 9.53 Å². The Morgan fingerprint density at radius 2 is 2.00 bits per heavy atom. The van der Waals surface area contributed by atoms with E-state index in [0.29, 0.717) is 11.3 Å². The molecule has 3 fully saturated rings. The lowest BCUT2D eigenvalue weighted by Crippen LogP contribution is -2.50. The van der Waals surface area contributed by atoms with E-state index in [1.54, 1.807) is 0 Å². The molecule has 0 aromatic carbocycles. The van der Waals surface area contributed by atoms with Gasteiger partial charge in [-0.05, 0) is 51.0 Å². The SMILES string of the molecule is CC1(C(=O)N2CCC3(CCOCC3)C2)CCCNC1. The van der Waals surface area contributed by atoms with Gasteiger partial charge in [-0.2, -0.15) is 0 Å². The Morgan fingerprint density at radius 1 is 1.21 bits per heavy atom. The first-order valence-corrected chi connectivity index (χ1v) is 7.72. The molecule has 108 valence electrons. The summed E-state index contributed by atoms with van der Waals surface area (Å²) in [5, 5.41) is 3.38. The van der Waals surface area contributed by atoms with Gasteiger partial charge in [0.15, 0.2) is 0 Å². The van der Waals surface area contributed by atoms with Crippen LogP contribution in [0.2, 0.25) is 0 Å². The van der Waals surface area contributed by atoms with Gasteiger partial charge in [0.05, 0.1) is 5.41 Å². The Morgan fingerprint density at radius 3 is 2.68 bits per heavy atom. The van der Waals surface area contributed by atoms with Gasteiger partial charge in [-0.15, -0.1) is 0 Å². The van der Waals surface area contributed by atoms with Gasteiger partial charge in [0.2, 0.25) is 5.91 Å². The van der Waals surface area contributed by atoms with Crippen LogP contribution in [0, 0.1) is 10.8 Å². The average molecular weight is 266 g/mol. The van der Waals surface area contributed by atoms with E-state index in [9.17, 15) is 4.79 Å². The number of hydrogen-bond acceptors (Lipinski definition) is 3. The minimum absolute atomic E-state index is 0.172. The Labute approximate surface area is 115 Å². The molecule has 1 spiro atoms. The van der Waals surface area contributed by atoms with Crippen molar-refractivity contribution >= 4 is 5.91 Å². The molecule has 3 rings (SSSR count). The first-order chi connectivity index (χ1) is 9.14. The first kappa shape index (κ1) is 13.4. The van der Waals surface area contributed by atoms with Crippen LogP contribution >= 0.6 is 0 Å². The highest BCUT2D eigenvalue weighted by atomic mass is 16.5. The van der Waals surface area contributed by atoms with Crippen molar-refractivity contribution in [2.24, 2.45) is 10.8 Å². The van der Waals surface area contributed by atoms with E-state index in [1.807, 2.05) is 0 Å². The molecule has 0 radical (unpaired) electrons. The number of piperidine rings is 1. The quantitative estimate of drug-likeness (QED) is 0.780. The molecular formula is C15H26N2O2. The molecule has 3 aliphatic heterocycles. The van der Waals surface area contributed by atoms with Crippen molar-refractivity contribution in [1.29, 1.82) is 0 Å². The fourth-order valence-corrected chi connectivity index (χ4v) is 3.94. The third-order valence-electron chi connectivity index (χ3n) is 5.39. The molecule has 3 heterocycles. The summed E-state index contributed by atoms with van der Waals surface area (Å²) in [7, 11) is 0. The molecule has 0 bridgehead atoms. The Kier molecular flexibility index (Phi) is 3.56. The summed E-state index contributed by atoms with van der Waals surface area (Å²) in [6, 6.07) is 0. The number of amides is 1. The summed E-state index contributed by atoms with van der Waals surface area (Å²) in [6.07, 6.45) is 5.59. The van der Waals surface area contributed by atoms with E-state index in [0.717, 1.165) is 65.1 Å². The zero-order chi connectivity index (χ0) is 13.3. The summed E-state index contributed by atoms with van der Waals surface area (Å²) in [5.41, 5.74) is 0.196. The average Bonchev–Trinajstić information content (AvgIpc) is 2.83. The molecule has 19 heavy (non-hydrogen) atoms. The maximum atomic E-state index is 12.8. The summed E-state index contributed by atoms with van der Waals surface area (Å²) in [6.45, 7) is 7.71. The predicted molar refractivity (Wildman–Crippen MR) is 73.9 cm³/mol. The largest absolute Gasteiger partial charge is 0.381 e. The summed E-state index contributed by atoms with van der Waals surface area (Å²) >= 11 is 0. The highest BCUT2D eigenvalue weighted by molar-refractivity contribution is 5.83. The molecule has 1 atom stereocenters. The Bertz CT molecular complexity index is 344. The number of ether oxygens (including phenoxy) is 1. The molecule has 1 amide bonds. The van der Waals surface area contributed by atoms with E-state index in [2.05, 4.69) is 17.1 Å². The lowest BCUT2D eigenvalue weighted by atomic mass is 9.79. The highest BCUT2D eigenvalue weighted by Crippen LogP contribution is 2.41. The summed E-state index contributed by atoms with van der Waals surface area (Å²) in [5.74, 6) is 0.378. The van der Waals surface area contributed by atoms with Gasteiger partial charge in [-0.3, -0.25) is 4.79 Å². The zero-order valence-electron chi connectivity index (χ0n) is 12.0. The van der Waals surface area contributed by atoms with Crippen LogP contribution in [-0.4, -0.2) is 50.2 Å². The highest BCUT2D eigenvalue weighted by Gasteiger charge is 2.45. The minimum Gasteiger partial charge on any atom is -0.381 e. The van der Waals surface area contributed by atoms with Crippen molar-refractivity contribution in [3.05, 3.63) is 0 Å². The number of likely N-dealkylation sites (tertiary alicyclic amines) is 1. The van der Waals surface area contributed by atoms with Gasteiger partial charge >= 0.3 is 0 Å². The molecule has 0 aromatic heterocycles. The second-order valence-corrected chi connectivity index (χ2v) is 6.93. The molecule has 3 aliphatic rings. The van der Waals surface area contributed by atoms with Crippen molar-refractivity contribution in [3.63, 3.8) is 0 Å². The maximum Gasteiger partial charge on any atom is 0.229 e. The summed E-state index contributed by atoms with van der Waals surface area (Å²) < 4.78 is 5.47. The minimum atomic E-state index is -0.172. The monoisotopic (exact) mass is 266 g/mol. The standard InChI is InChI=1S/C15H26N2O2/c1-14(3-2-7-16-11-14)13(18)17-8-4-15(12-17)5-9-19-10-6-15/h16H,2-12H2,1H3. The molecular weight excluding hydrogens is 240 g/mol. The predicted octanol–water partition coefficient (Wildman–Crippen LogP) is 1.41. The second kappa shape index (κ2) is 5.06. The van der Waals surface area contributed by atoms with E-state index >= 15 is 0 Å². The van der Waals surface area contributed by atoms with E-state index in [1.165, 1.54) is 6.42 Å². The van der Waals surface area contributed by atoms with Crippen LogP contribution in [-0.2, 0) is 9.53 Å². The Balaban J connectivity index is 1.65. The molecule has 3 saturated heterocycles. The number of carbonyl (C=O) groups excluding carboxylic acids is 1. The van der Waals surface area contributed by atoms with Crippen LogP contribution in [0.3, 0.4) is 0 Å². The van der Waals surface area contributed by atoms with Crippen LogP contribution in [0.5, 0.6) is 0 Å². The van der Waals surface area contributed by atoms with Crippen molar-refractivity contribution in [2.45, 2.75) is 39.0 Å². The van der Waals surface area contributed by atoms with Crippen LogP contribution in [0.25, 0.3) is 0 Å². The number of nitrogens with one attached hydrogen (secondary N) is 1. The molecule has 0 aromatic rings. The van der Waals surface area contributed by atoms with Gasteiger partial charge < -0.3 is 15.0 Å². The van der Waals surface area contributed by atoms with E-state index in [4.69, 9.17) is 4.74 Å². The van der Waals surface area contributed by atoms with E-state index < -0.39 is 0 Å². The van der Waals surface area contributed by atoms with Crippen LogP contribution < -0.4 is 5.32 Å². The third kappa shape index (κ3) is 2.52. The maximum absolute atomic E-state index is 12.8. The lowest BCUT2D eigenvalue weighted by Gasteiger charge is -2.38. The fraction of sp³-hybridized carbons (Fsp3) is 0.933. The first-order valence-electron chi connectivity index (χ1n) is 7.72. The van der Waals surface area contributed by atoms with Crippen molar-refractivity contribution in [3.8, 4) is 0 Å². The van der Waals surface area contributed by atoms with Gasteiger partial charge in [0.25, 0.3) is 0 Å².